The van der Waals surface area contributed by atoms with Crippen LogP contribution in [0.1, 0.15) is 55.9 Å². The monoisotopic (exact) mass is 358 g/mol. The predicted octanol–water partition coefficient (Wildman–Crippen LogP) is 5.00. The minimum absolute atomic E-state index is 0.0420. The second kappa shape index (κ2) is 8.48. The third-order valence-corrected chi connectivity index (χ3v) is 5.72. The van der Waals surface area contributed by atoms with Crippen LogP contribution in [0.25, 0.3) is 10.6 Å². The van der Waals surface area contributed by atoms with Crippen LogP contribution < -0.4 is 4.74 Å². The average Bonchev–Trinajstić information content (AvgIpc) is 2.97. The van der Waals surface area contributed by atoms with E-state index in [0.29, 0.717) is 18.3 Å². The van der Waals surface area contributed by atoms with Crippen molar-refractivity contribution in [2.45, 2.75) is 51.5 Å². The van der Waals surface area contributed by atoms with E-state index in [2.05, 4.69) is 4.98 Å². The first kappa shape index (κ1) is 17.9. The van der Waals surface area contributed by atoms with Crippen molar-refractivity contribution in [3.63, 3.8) is 0 Å². The number of hydrogen-bond donors (Lipinski definition) is 0. The van der Waals surface area contributed by atoms with Gasteiger partial charge in [0.2, 0.25) is 0 Å². The topological polar surface area (TPSA) is 42.4 Å². The summed E-state index contributed by atoms with van der Waals surface area (Å²) in [6, 6.07) is 8.23. The standard InChI is InChI=1S/C20H26N2O2S/c1-3-24-17-12-10-15(11-13-17)19-21-18(14-25-19)20(23)22(2)16-8-6-4-5-7-9-16/h10-14,16H,3-9H2,1-2H3. The molecule has 4 nitrogen and oxygen atoms in total. The van der Waals surface area contributed by atoms with Crippen molar-refractivity contribution in [1.82, 2.24) is 9.88 Å². The molecule has 1 amide bonds. The summed E-state index contributed by atoms with van der Waals surface area (Å²) >= 11 is 1.52. The van der Waals surface area contributed by atoms with Gasteiger partial charge in [0.25, 0.3) is 5.91 Å². The lowest BCUT2D eigenvalue weighted by Gasteiger charge is -2.26. The predicted molar refractivity (Wildman–Crippen MR) is 102 cm³/mol. The van der Waals surface area contributed by atoms with Gasteiger partial charge in [-0.15, -0.1) is 11.3 Å². The summed E-state index contributed by atoms with van der Waals surface area (Å²) in [4.78, 5) is 19.3. The molecule has 1 heterocycles. The van der Waals surface area contributed by atoms with Gasteiger partial charge in [-0.2, -0.15) is 0 Å². The molecule has 0 aliphatic heterocycles. The fraction of sp³-hybridized carbons (Fsp3) is 0.500. The molecule has 0 saturated heterocycles. The minimum atomic E-state index is 0.0420. The van der Waals surface area contributed by atoms with E-state index in [1.807, 2.05) is 48.5 Å². The highest BCUT2D eigenvalue weighted by atomic mass is 32.1. The van der Waals surface area contributed by atoms with Crippen molar-refractivity contribution in [1.29, 1.82) is 0 Å². The van der Waals surface area contributed by atoms with Crippen LogP contribution in [0.2, 0.25) is 0 Å². The summed E-state index contributed by atoms with van der Waals surface area (Å²) in [5.74, 6) is 0.896. The fourth-order valence-electron chi connectivity index (χ4n) is 3.36. The summed E-state index contributed by atoms with van der Waals surface area (Å²) in [6.07, 6.45) is 7.23. The zero-order valence-electron chi connectivity index (χ0n) is 15.0. The summed E-state index contributed by atoms with van der Waals surface area (Å²) in [7, 11) is 1.92. The molecule has 1 aromatic carbocycles. The molecule has 2 aromatic rings. The zero-order valence-corrected chi connectivity index (χ0v) is 15.8. The first-order valence-electron chi connectivity index (χ1n) is 9.15. The lowest BCUT2D eigenvalue weighted by molar-refractivity contribution is 0.0712. The average molecular weight is 359 g/mol. The third-order valence-electron chi connectivity index (χ3n) is 4.83. The number of carbonyl (C=O) groups excluding carboxylic acids is 1. The van der Waals surface area contributed by atoms with E-state index < -0.39 is 0 Å². The van der Waals surface area contributed by atoms with E-state index in [0.717, 1.165) is 29.2 Å². The van der Waals surface area contributed by atoms with Gasteiger partial charge >= 0.3 is 0 Å². The lowest BCUT2D eigenvalue weighted by atomic mass is 10.1. The van der Waals surface area contributed by atoms with Gasteiger partial charge in [-0.1, -0.05) is 25.7 Å². The Morgan fingerprint density at radius 2 is 1.88 bits per heavy atom. The second-order valence-electron chi connectivity index (χ2n) is 6.56. The minimum Gasteiger partial charge on any atom is -0.494 e. The maximum absolute atomic E-state index is 12.8. The molecule has 25 heavy (non-hydrogen) atoms. The normalized spacial score (nSPS) is 15.6. The van der Waals surface area contributed by atoms with Gasteiger partial charge in [-0.05, 0) is 44.0 Å². The molecular weight excluding hydrogens is 332 g/mol. The van der Waals surface area contributed by atoms with Crippen molar-refractivity contribution in [3.8, 4) is 16.3 Å². The van der Waals surface area contributed by atoms with Crippen LogP contribution in [-0.2, 0) is 0 Å². The number of hydrogen-bond acceptors (Lipinski definition) is 4. The van der Waals surface area contributed by atoms with E-state index in [1.54, 1.807) is 0 Å². The van der Waals surface area contributed by atoms with Crippen LogP contribution in [0.15, 0.2) is 29.6 Å². The summed E-state index contributed by atoms with van der Waals surface area (Å²) in [5.41, 5.74) is 1.57. The second-order valence-corrected chi connectivity index (χ2v) is 7.41. The molecule has 1 fully saturated rings. The maximum atomic E-state index is 12.8. The Labute approximate surface area is 153 Å². The molecule has 0 spiro atoms. The van der Waals surface area contributed by atoms with Crippen LogP contribution in [0.5, 0.6) is 5.75 Å². The number of amides is 1. The Morgan fingerprint density at radius 3 is 2.52 bits per heavy atom. The van der Waals surface area contributed by atoms with Crippen LogP contribution in [0.3, 0.4) is 0 Å². The Bertz CT molecular complexity index is 688. The van der Waals surface area contributed by atoms with E-state index in [4.69, 9.17) is 4.74 Å². The van der Waals surface area contributed by atoms with E-state index in [1.165, 1.54) is 37.0 Å². The number of ether oxygens (including phenoxy) is 1. The molecule has 1 aromatic heterocycles. The molecule has 1 saturated carbocycles. The third kappa shape index (κ3) is 4.40. The number of carbonyl (C=O) groups is 1. The molecule has 0 radical (unpaired) electrons. The number of benzene rings is 1. The highest BCUT2D eigenvalue weighted by Crippen LogP contribution is 2.27. The van der Waals surface area contributed by atoms with Gasteiger partial charge < -0.3 is 9.64 Å². The van der Waals surface area contributed by atoms with Crippen molar-refractivity contribution < 1.29 is 9.53 Å². The molecule has 1 aliphatic carbocycles. The van der Waals surface area contributed by atoms with Gasteiger partial charge in [-0.3, -0.25) is 4.79 Å². The number of rotatable bonds is 5. The summed E-state index contributed by atoms with van der Waals surface area (Å²) in [6.45, 7) is 2.63. The summed E-state index contributed by atoms with van der Waals surface area (Å²) < 4.78 is 5.47. The van der Waals surface area contributed by atoms with Crippen molar-refractivity contribution in [2.75, 3.05) is 13.7 Å². The van der Waals surface area contributed by atoms with Crippen molar-refractivity contribution in [3.05, 3.63) is 35.3 Å². The van der Waals surface area contributed by atoms with E-state index in [9.17, 15) is 4.79 Å². The summed E-state index contributed by atoms with van der Waals surface area (Å²) in [5, 5.41) is 2.75. The van der Waals surface area contributed by atoms with Crippen LogP contribution >= 0.6 is 11.3 Å². The fourth-order valence-corrected chi connectivity index (χ4v) is 4.16. The first-order chi connectivity index (χ1) is 12.2. The number of thiazole rings is 1. The highest BCUT2D eigenvalue weighted by molar-refractivity contribution is 7.13. The molecule has 0 bridgehead atoms. The Balaban J connectivity index is 1.70. The zero-order chi connectivity index (χ0) is 17.6. The molecule has 0 unspecified atom stereocenters. The van der Waals surface area contributed by atoms with Gasteiger partial charge in [0.05, 0.1) is 6.61 Å². The van der Waals surface area contributed by atoms with Crippen molar-refractivity contribution in [2.24, 2.45) is 0 Å². The highest BCUT2D eigenvalue weighted by Gasteiger charge is 2.24. The van der Waals surface area contributed by atoms with E-state index in [-0.39, 0.29) is 5.91 Å². The quantitative estimate of drug-likeness (QED) is 0.706. The smallest absolute Gasteiger partial charge is 0.273 e. The van der Waals surface area contributed by atoms with Crippen molar-refractivity contribution >= 4 is 17.2 Å². The molecule has 134 valence electrons. The number of nitrogens with zero attached hydrogens (tertiary/aromatic N) is 2. The molecule has 3 rings (SSSR count). The van der Waals surface area contributed by atoms with Gasteiger partial charge in [0.15, 0.2) is 0 Å². The molecule has 0 N–H and O–H groups in total. The molecule has 5 heteroatoms. The van der Waals surface area contributed by atoms with E-state index >= 15 is 0 Å². The SMILES string of the molecule is CCOc1ccc(-c2nc(C(=O)N(C)C3CCCCCC3)cs2)cc1. The Hall–Kier alpha value is -1.88. The number of aromatic nitrogens is 1. The molecule has 1 aliphatic rings. The van der Waals surface area contributed by atoms with Crippen LogP contribution in [-0.4, -0.2) is 35.5 Å². The molecule has 0 atom stereocenters. The van der Waals surface area contributed by atoms with Gasteiger partial charge in [0.1, 0.15) is 16.5 Å². The largest absolute Gasteiger partial charge is 0.494 e. The molecular formula is C20H26N2O2S. The Kier molecular flexibility index (Phi) is 6.08. The maximum Gasteiger partial charge on any atom is 0.273 e. The lowest BCUT2D eigenvalue weighted by Crippen LogP contribution is -2.36. The van der Waals surface area contributed by atoms with Gasteiger partial charge in [-0.25, -0.2) is 4.98 Å². The van der Waals surface area contributed by atoms with Crippen LogP contribution in [0.4, 0.5) is 0 Å². The van der Waals surface area contributed by atoms with Crippen LogP contribution in [0, 0.1) is 0 Å². The Morgan fingerprint density at radius 1 is 1.20 bits per heavy atom. The van der Waals surface area contributed by atoms with Gasteiger partial charge in [0, 0.05) is 24.0 Å². The first-order valence-corrected chi connectivity index (χ1v) is 10.0.